The fourth-order valence-electron chi connectivity index (χ4n) is 2.48. The highest BCUT2D eigenvalue weighted by Gasteiger charge is 2.23. The van der Waals surface area contributed by atoms with Crippen molar-refractivity contribution in [2.75, 3.05) is 32.7 Å². The van der Waals surface area contributed by atoms with Crippen molar-refractivity contribution in [2.45, 2.75) is 0 Å². The Morgan fingerprint density at radius 1 is 1.30 bits per heavy atom. The molecule has 1 aliphatic rings. The number of hydrogen-bond acceptors (Lipinski definition) is 4. The zero-order valence-electron chi connectivity index (χ0n) is 11.1. The van der Waals surface area contributed by atoms with Crippen molar-refractivity contribution < 1.29 is 4.79 Å². The minimum Gasteiger partial charge on any atom is -0.336 e. The second-order valence-corrected chi connectivity index (χ2v) is 4.82. The van der Waals surface area contributed by atoms with E-state index in [1.807, 2.05) is 29.3 Å². The topological polar surface area (TPSA) is 64.6 Å². The Bertz CT molecular complexity index is 663. The molecular formula is C14H15N5O. The van der Waals surface area contributed by atoms with Gasteiger partial charge in [-0.05, 0) is 12.1 Å². The molecule has 20 heavy (non-hydrogen) atoms. The second kappa shape index (κ2) is 5.31. The minimum absolute atomic E-state index is 0.0165. The van der Waals surface area contributed by atoms with Crippen LogP contribution in [0.5, 0.6) is 0 Å². The van der Waals surface area contributed by atoms with Gasteiger partial charge in [-0.1, -0.05) is 6.07 Å². The van der Waals surface area contributed by atoms with Gasteiger partial charge in [0.1, 0.15) is 0 Å². The van der Waals surface area contributed by atoms with Gasteiger partial charge < -0.3 is 4.90 Å². The molecule has 0 saturated carbocycles. The Hall–Kier alpha value is -2.39. The van der Waals surface area contributed by atoms with Crippen molar-refractivity contribution in [2.24, 2.45) is 0 Å². The molecule has 102 valence electrons. The third kappa shape index (κ3) is 2.24. The Labute approximate surface area is 116 Å². The van der Waals surface area contributed by atoms with E-state index in [-0.39, 0.29) is 5.91 Å². The van der Waals surface area contributed by atoms with Crippen LogP contribution in [0.3, 0.4) is 0 Å². The maximum Gasteiger partial charge on any atom is 0.257 e. The summed E-state index contributed by atoms with van der Waals surface area (Å²) in [7, 11) is 0. The summed E-state index contributed by atoms with van der Waals surface area (Å²) in [5.74, 6) is 0.0165. The van der Waals surface area contributed by atoms with Gasteiger partial charge in [0, 0.05) is 32.4 Å². The first-order chi connectivity index (χ1) is 9.79. The highest BCUT2D eigenvalue weighted by molar-refractivity contribution is 6.00. The summed E-state index contributed by atoms with van der Waals surface area (Å²) in [5.41, 5.74) is 1.47. The van der Waals surface area contributed by atoms with Crippen molar-refractivity contribution in [1.29, 1.82) is 5.26 Å². The van der Waals surface area contributed by atoms with Gasteiger partial charge in [0.2, 0.25) is 0 Å². The van der Waals surface area contributed by atoms with Gasteiger partial charge in [0.05, 0.1) is 29.9 Å². The number of carbonyl (C=O) groups excluding carboxylic acids is 1. The Morgan fingerprint density at radius 2 is 2.10 bits per heavy atom. The zero-order valence-corrected chi connectivity index (χ0v) is 11.1. The third-order valence-electron chi connectivity index (χ3n) is 3.61. The molecule has 1 amide bonds. The van der Waals surface area contributed by atoms with Gasteiger partial charge in [-0.25, -0.2) is 4.52 Å². The number of pyridine rings is 1. The van der Waals surface area contributed by atoms with Crippen molar-refractivity contribution in [3.05, 3.63) is 36.2 Å². The highest BCUT2D eigenvalue weighted by atomic mass is 16.2. The van der Waals surface area contributed by atoms with E-state index >= 15 is 0 Å². The Kier molecular flexibility index (Phi) is 3.35. The number of aromatic nitrogens is 2. The van der Waals surface area contributed by atoms with E-state index in [2.05, 4.69) is 16.1 Å². The lowest BCUT2D eigenvalue weighted by molar-refractivity contribution is 0.0653. The molecule has 0 radical (unpaired) electrons. The van der Waals surface area contributed by atoms with Gasteiger partial charge in [-0.2, -0.15) is 10.4 Å². The fraction of sp³-hybridized carbons (Fsp3) is 0.357. The molecule has 2 aromatic heterocycles. The number of piperazine rings is 1. The normalized spacial score (nSPS) is 16.2. The molecule has 0 atom stereocenters. The molecule has 0 aromatic carbocycles. The van der Waals surface area contributed by atoms with Crippen LogP contribution in [-0.4, -0.2) is 58.0 Å². The summed E-state index contributed by atoms with van der Waals surface area (Å²) < 4.78 is 1.71. The van der Waals surface area contributed by atoms with Gasteiger partial charge in [0.15, 0.2) is 0 Å². The van der Waals surface area contributed by atoms with Crippen molar-refractivity contribution >= 4 is 11.4 Å². The molecule has 1 aliphatic heterocycles. The molecular weight excluding hydrogens is 254 g/mol. The van der Waals surface area contributed by atoms with E-state index in [9.17, 15) is 4.79 Å². The molecule has 0 unspecified atom stereocenters. The van der Waals surface area contributed by atoms with Crippen LogP contribution >= 0.6 is 0 Å². The van der Waals surface area contributed by atoms with Crippen LogP contribution in [0.15, 0.2) is 30.6 Å². The van der Waals surface area contributed by atoms with E-state index in [0.29, 0.717) is 25.2 Å². The van der Waals surface area contributed by atoms with E-state index in [4.69, 9.17) is 5.26 Å². The average molecular weight is 269 g/mol. The summed E-state index contributed by atoms with van der Waals surface area (Å²) in [5, 5.41) is 12.9. The van der Waals surface area contributed by atoms with E-state index in [1.165, 1.54) is 0 Å². The highest BCUT2D eigenvalue weighted by Crippen LogP contribution is 2.14. The summed E-state index contributed by atoms with van der Waals surface area (Å²) in [6, 6.07) is 7.82. The quantitative estimate of drug-likeness (QED) is 0.750. The van der Waals surface area contributed by atoms with Crippen LogP contribution < -0.4 is 0 Å². The maximum atomic E-state index is 12.5. The number of nitriles is 1. The number of fused-ring (bicyclic) bond motifs is 1. The lowest BCUT2D eigenvalue weighted by Gasteiger charge is -2.33. The molecule has 6 nitrogen and oxygen atoms in total. The summed E-state index contributed by atoms with van der Waals surface area (Å²) in [6.07, 6.45) is 3.45. The molecule has 1 saturated heterocycles. The van der Waals surface area contributed by atoms with Crippen LogP contribution in [0.1, 0.15) is 10.4 Å². The number of carbonyl (C=O) groups is 1. The van der Waals surface area contributed by atoms with Gasteiger partial charge in [-0.3, -0.25) is 9.69 Å². The average Bonchev–Trinajstić information content (AvgIpc) is 2.92. The Balaban J connectivity index is 1.76. The number of amides is 1. The minimum atomic E-state index is 0.0165. The number of nitrogens with zero attached hydrogens (tertiary/aromatic N) is 5. The summed E-state index contributed by atoms with van der Waals surface area (Å²) >= 11 is 0. The molecule has 3 rings (SSSR count). The van der Waals surface area contributed by atoms with Crippen molar-refractivity contribution in [1.82, 2.24) is 19.4 Å². The molecule has 3 heterocycles. The third-order valence-corrected chi connectivity index (χ3v) is 3.61. The van der Waals surface area contributed by atoms with E-state index in [1.54, 1.807) is 10.7 Å². The van der Waals surface area contributed by atoms with Gasteiger partial charge in [0.25, 0.3) is 5.91 Å². The lowest BCUT2D eigenvalue weighted by atomic mass is 10.2. The maximum absolute atomic E-state index is 12.5. The van der Waals surface area contributed by atoms with E-state index < -0.39 is 0 Å². The van der Waals surface area contributed by atoms with Crippen LogP contribution in [0, 0.1) is 11.3 Å². The van der Waals surface area contributed by atoms with Crippen LogP contribution in [0.4, 0.5) is 0 Å². The van der Waals surface area contributed by atoms with Gasteiger partial charge >= 0.3 is 0 Å². The molecule has 0 bridgehead atoms. The summed E-state index contributed by atoms with van der Waals surface area (Å²) in [6.45, 7) is 3.24. The molecule has 6 heteroatoms. The molecule has 2 aromatic rings. The lowest BCUT2D eigenvalue weighted by Crippen LogP contribution is -2.48. The molecule has 0 aliphatic carbocycles. The van der Waals surface area contributed by atoms with Crippen molar-refractivity contribution in [3.63, 3.8) is 0 Å². The first-order valence-electron chi connectivity index (χ1n) is 6.60. The van der Waals surface area contributed by atoms with Crippen LogP contribution in [-0.2, 0) is 0 Å². The SMILES string of the molecule is N#CCN1CCN(C(=O)c2cnn3ccccc23)CC1. The van der Waals surface area contributed by atoms with Gasteiger partial charge in [-0.15, -0.1) is 0 Å². The fourth-order valence-corrected chi connectivity index (χ4v) is 2.48. The second-order valence-electron chi connectivity index (χ2n) is 4.82. The number of rotatable bonds is 2. The van der Waals surface area contributed by atoms with Crippen LogP contribution in [0.2, 0.25) is 0 Å². The predicted octanol–water partition coefficient (Wildman–Crippen LogP) is 0.616. The number of hydrogen-bond donors (Lipinski definition) is 0. The molecule has 0 N–H and O–H groups in total. The predicted molar refractivity (Wildman–Crippen MR) is 73.1 cm³/mol. The van der Waals surface area contributed by atoms with Crippen molar-refractivity contribution in [3.8, 4) is 6.07 Å². The Morgan fingerprint density at radius 3 is 2.85 bits per heavy atom. The largest absolute Gasteiger partial charge is 0.336 e. The monoisotopic (exact) mass is 269 g/mol. The van der Waals surface area contributed by atoms with E-state index in [0.717, 1.165) is 18.6 Å². The molecule has 0 spiro atoms. The summed E-state index contributed by atoms with van der Waals surface area (Å²) in [4.78, 5) is 16.4. The van der Waals surface area contributed by atoms with Crippen LogP contribution in [0.25, 0.3) is 5.52 Å². The smallest absolute Gasteiger partial charge is 0.257 e. The molecule has 1 fully saturated rings. The zero-order chi connectivity index (χ0) is 13.9. The standard InChI is InChI=1S/C14H15N5O/c15-4-6-17-7-9-18(10-8-17)14(20)12-11-16-19-5-2-1-3-13(12)19/h1-3,5,11H,6-10H2. The first kappa shape index (κ1) is 12.6. The first-order valence-corrected chi connectivity index (χ1v) is 6.60.